The molecular formula is C28H25F4N7O. The van der Waals surface area contributed by atoms with Crippen LogP contribution in [0, 0.1) is 17.1 Å². The van der Waals surface area contributed by atoms with Crippen LogP contribution in [0.1, 0.15) is 42.4 Å². The normalized spacial score (nSPS) is 19.0. The molecule has 3 atom stereocenters. The number of piperazine rings is 1. The van der Waals surface area contributed by atoms with Gasteiger partial charge in [-0.15, -0.1) is 0 Å². The van der Waals surface area contributed by atoms with Crippen molar-refractivity contribution in [2.45, 2.75) is 38.1 Å². The van der Waals surface area contributed by atoms with Crippen molar-refractivity contribution in [3.05, 3.63) is 93.5 Å². The predicted octanol–water partition coefficient (Wildman–Crippen LogP) is 4.44. The smallest absolute Gasteiger partial charge is 0.349 e. The molecule has 0 bridgehead atoms. The molecule has 1 aliphatic rings. The van der Waals surface area contributed by atoms with E-state index in [4.69, 9.17) is 0 Å². The lowest BCUT2D eigenvalue weighted by Crippen LogP contribution is -2.58. The minimum absolute atomic E-state index is 0.193. The molecule has 3 unspecified atom stereocenters. The van der Waals surface area contributed by atoms with Crippen LogP contribution in [0.4, 0.5) is 23.4 Å². The molecule has 0 aliphatic carbocycles. The average Bonchev–Trinajstić information content (AvgIpc) is 2.93. The van der Waals surface area contributed by atoms with Gasteiger partial charge in [0.15, 0.2) is 5.82 Å². The van der Waals surface area contributed by atoms with E-state index in [9.17, 15) is 27.6 Å². The third-order valence-corrected chi connectivity index (χ3v) is 7.27. The van der Waals surface area contributed by atoms with Crippen molar-refractivity contribution in [3.8, 4) is 6.07 Å². The number of rotatable bonds is 4. The lowest BCUT2D eigenvalue weighted by Gasteiger charge is -2.47. The summed E-state index contributed by atoms with van der Waals surface area (Å²) < 4.78 is 54.8. The molecule has 3 aromatic heterocycles. The van der Waals surface area contributed by atoms with Gasteiger partial charge in [0.25, 0.3) is 0 Å². The maximum atomic E-state index is 13.8. The van der Waals surface area contributed by atoms with Gasteiger partial charge < -0.3 is 4.90 Å². The summed E-state index contributed by atoms with van der Waals surface area (Å²) >= 11 is 0. The summed E-state index contributed by atoms with van der Waals surface area (Å²) in [6.07, 6.45) is -3.71. The highest BCUT2D eigenvalue weighted by molar-refractivity contribution is 5.86. The van der Waals surface area contributed by atoms with Crippen molar-refractivity contribution >= 4 is 16.9 Å². The van der Waals surface area contributed by atoms with Crippen molar-refractivity contribution in [2.75, 3.05) is 18.0 Å². The molecule has 8 nitrogen and oxygen atoms in total. The molecule has 206 valence electrons. The molecule has 12 heteroatoms. The topological polar surface area (TPSA) is 90.9 Å². The zero-order valence-corrected chi connectivity index (χ0v) is 21.9. The van der Waals surface area contributed by atoms with Gasteiger partial charge in [-0.2, -0.15) is 23.4 Å². The molecule has 40 heavy (non-hydrogen) atoms. The Morgan fingerprint density at radius 2 is 1.73 bits per heavy atom. The first-order chi connectivity index (χ1) is 19.0. The third-order valence-electron chi connectivity index (χ3n) is 7.27. The van der Waals surface area contributed by atoms with Gasteiger partial charge in [0.2, 0.25) is 0 Å². The fraction of sp³-hybridized carbons (Fsp3) is 0.321. The van der Waals surface area contributed by atoms with Crippen LogP contribution in [0.3, 0.4) is 0 Å². The second-order valence-corrected chi connectivity index (χ2v) is 9.92. The fourth-order valence-corrected chi connectivity index (χ4v) is 5.19. The lowest BCUT2D eigenvalue weighted by molar-refractivity contribution is -0.137. The monoisotopic (exact) mass is 551 g/mol. The van der Waals surface area contributed by atoms with Crippen LogP contribution in [-0.2, 0) is 13.2 Å². The SMILES string of the molecule is CC1CN(C(c2ccc(F)cc2)c2ccc(C(F)(F)F)cn2)C(C)CN1c1nc(=O)n(C)c2ccc(C#N)nc12. The molecule has 4 heterocycles. The van der Waals surface area contributed by atoms with E-state index >= 15 is 0 Å². The molecule has 0 amide bonds. The van der Waals surface area contributed by atoms with Gasteiger partial charge in [-0.25, -0.2) is 14.2 Å². The van der Waals surface area contributed by atoms with Crippen LogP contribution >= 0.6 is 0 Å². The van der Waals surface area contributed by atoms with Crippen molar-refractivity contribution in [2.24, 2.45) is 7.05 Å². The van der Waals surface area contributed by atoms with E-state index in [-0.39, 0.29) is 17.8 Å². The van der Waals surface area contributed by atoms with E-state index in [1.807, 2.05) is 24.8 Å². The number of aryl methyl sites for hydroxylation is 1. The Morgan fingerprint density at radius 1 is 1.00 bits per heavy atom. The number of anilines is 1. The van der Waals surface area contributed by atoms with Gasteiger partial charge in [-0.05, 0) is 55.8 Å². The second kappa shape index (κ2) is 10.3. The molecular weight excluding hydrogens is 526 g/mol. The molecule has 0 saturated carbocycles. The molecule has 4 aromatic rings. The van der Waals surface area contributed by atoms with Gasteiger partial charge in [0.05, 0.1) is 22.8 Å². The van der Waals surface area contributed by atoms with E-state index in [2.05, 4.69) is 19.9 Å². The fourth-order valence-electron chi connectivity index (χ4n) is 5.19. The Bertz CT molecular complexity index is 1650. The number of nitriles is 1. The quantitative estimate of drug-likeness (QED) is 0.347. The Hall–Kier alpha value is -4.37. The van der Waals surface area contributed by atoms with Gasteiger partial charge in [0.1, 0.15) is 23.1 Å². The first kappa shape index (κ1) is 27.2. The Labute approximate surface area is 227 Å². The summed E-state index contributed by atoms with van der Waals surface area (Å²) in [4.78, 5) is 29.7. The van der Waals surface area contributed by atoms with Gasteiger partial charge >= 0.3 is 11.9 Å². The van der Waals surface area contributed by atoms with Gasteiger partial charge in [-0.3, -0.25) is 14.5 Å². The number of halogens is 4. The third kappa shape index (κ3) is 5.00. The van der Waals surface area contributed by atoms with E-state index in [1.165, 1.54) is 22.8 Å². The molecule has 5 rings (SSSR count). The first-order valence-electron chi connectivity index (χ1n) is 12.6. The van der Waals surface area contributed by atoms with Crippen LogP contribution in [0.25, 0.3) is 11.0 Å². The summed E-state index contributed by atoms with van der Waals surface area (Å²) in [5, 5.41) is 9.39. The van der Waals surface area contributed by atoms with E-state index in [0.717, 1.165) is 12.3 Å². The molecule has 0 spiro atoms. The Kier molecular flexibility index (Phi) is 7.01. The van der Waals surface area contributed by atoms with Crippen LogP contribution in [0.15, 0.2) is 59.5 Å². The number of fused-ring (bicyclic) bond motifs is 1. The largest absolute Gasteiger partial charge is 0.417 e. The Balaban J connectivity index is 1.54. The molecule has 1 saturated heterocycles. The summed E-state index contributed by atoms with van der Waals surface area (Å²) in [5.41, 5.74) is 0.909. The number of hydrogen-bond acceptors (Lipinski definition) is 7. The van der Waals surface area contributed by atoms with E-state index < -0.39 is 29.3 Å². The maximum absolute atomic E-state index is 13.8. The highest BCUT2D eigenvalue weighted by Gasteiger charge is 2.38. The maximum Gasteiger partial charge on any atom is 0.417 e. The minimum atomic E-state index is -4.52. The number of pyridine rings is 2. The summed E-state index contributed by atoms with van der Waals surface area (Å²) in [6.45, 7) is 4.71. The average molecular weight is 552 g/mol. The minimum Gasteiger partial charge on any atom is -0.349 e. The van der Waals surface area contributed by atoms with Crippen LogP contribution < -0.4 is 10.6 Å². The molecule has 1 fully saturated rings. The van der Waals surface area contributed by atoms with Crippen LogP contribution in [0.5, 0.6) is 0 Å². The summed E-state index contributed by atoms with van der Waals surface area (Å²) in [7, 11) is 1.59. The van der Waals surface area contributed by atoms with Crippen molar-refractivity contribution < 1.29 is 17.6 Å². The second-order valence-electron chi connectivity index (χ2n) is 9.92. The number of benzene rings is 1. The number of aromatic nitrogens is 4. The zero-order valence-electron chi connectivity index (χ0n) is 21.9. The highest BCUT2D eigenvalue weighted by atomic mass is 19.4. The Morgan fingerprint density at radius 3 is 2.35 bits per heavy atom. The van der Waals surface area contributed by atoms with Crippen molar-refractivity contribution in [1.29, 1.82) is 5.26 Å². The first-order valence-corrected chi connectivity index (χ1v) is 12.6. The molecule has 0 radical (unpaired) electrons. The standard InChI is InChI=1S/C28H25F4N7O/c1-16-15-39(26-24-23(37(3)27(40)36-26)11-9-21(12-33)35-24)17(2)14-38(16)25(18-4-7-20(29)8-5-18)22-10-6-19(13-34-22)28(30,31)32/h4-11,13,16-17,25H,14-15H2,1-3H3. The highest BCUT2D eigenvalue weighted by Crippen LogP contribution is 2.36. The van der Waals surface area contributed by atoms with Crippen molar-refractivity contribution in [3.63, 3.8) is 0 Å². The van der Waals surface area contributed by atoms with Crippen LogP contribution in [-0.4, -0.2) is 49.6 Å². The van der Waals surface area contributed by atoms with E-state index in [0.29, 0.717) is 41.2 Å². The van der Waals surface area contributed by atoms with Crippen LogP contribution in [0.2, 0.25) is 0 Å². The predicted molar refractivity (Wildman–Crippen MR) is 140 cm³/mol. The van der Waals surface area contributed by atoms with E-state index in [1.54, 1.807) is 31.3 Å². The molecule has 0 N–H and O–H groups in total. The number of hydrogen-bond donors (Lipinski definition) is 0. The van der Waals surface area contributed by atoms with Gasteiger partial charge in [0, 0.05) is 38.4 Å². The number of nitrogens with zero attached hydrogens (tertiary/aromatic N) is 7. The van der Waals surface area contributed by atoms with Crippen molar-refractivity contribution in [1.82, 2.24) is 24.4 Å². The summed E-state index contributed by atoms with van der Waals surface area (Å²) in [5.74, 6) is -0.0675. The number of alkyl halides is 3. The molecule has 1 aromatic carbocycles. The summed E-state index contributed by atoms with van der Waals surface area (Å²) in [6, 6.07) is 12.4. The van der Waals surface area contributed by atoms with Gasteiger partial charge in [-0.1, -0.05) is 12.1 Å². The molecule has 1 aliphatic heterocycles. The lowest BCUT2D eigenvalue weighted by atomic mass is 9.96. The zero-order chi connectivity index (χ0) is 28.8.